The first-order valence-corrected chi connectivity index (χ1v) is 10.7. The summed E-state index contributed by atoms with van der Waals surface area (Å²) in [6.45, 7) is 10.4. The average molecular weight is 388 g/mol. The van der Waals surface area contributed by atoms with Gasteiger partial charge in [-0.3, -0.25) is 4.57 Å². The molecule has 0 spiro atoms. The van der Waals surface area contributed by atoms with Crippen LogP contribution >= 0.6 is 0 Å². The van der Waals surface area contributed by atoms with Crippen LogP contribution in [0.3, 0.4) is 0 Å². The third-order valence-corrected chi connectivity index (χ3v) is 4.25. The fourth-order valence-corrected chi connectivity index (χ4v) is 3.08. The van der Waals surface area contributed by atoms with E-state index in [1.54, 1.807) is 0 Å². The van der Waals surface area contributed by atoms with E-state index in [2.05, 4.69) is 90.2 Å². The van der Waals surface area contributed by atoms with Crippen LogP contribution < -0.4 is 0 Å². The highest BCUT2D eigenvalue weighted by Crippen LogP contribution is 2.31. The Morgan fingerprint density at radius 1 is 0.862 bits per heavy atom. The summed E-state index contributed by atoms with van der Waals surface area (Å²) in [5.74, 6) is 1.80. The molecule has 1 aliphatic rings. The van der Waals surface area contributed by atoms with Gasteiger partial charge in [0.25, 0.3) is 0 Å². The fraction of sp³-hybridized carbons (Fsp3) is 0.308. The second-order valence-corrected chi connectivity index (χ2v) is 6.75. The quantitative estimate of drug-likeness (QED) is 0.464. The second kappa shape index (κ2) is 11.8. The van der Waals surface area contributed by atoms with E-state index in [9.17, 15) is 0 Å². The van der Waals surface area contributed by atoms with Gasteiger partial charge in [-0.05, 0) is 31.9 Å². The van der Waals surface area contributed by atoms with Gasteiger partial charge in [0.05, 0.1) is 0 Å². The van der Waals surface area contributed by atoms with Crippen molar-refractivity contribution >= 4 is 5.70 Å². The van der Waals surface area contributed by atoms with E-state index >= 15 is 0 Å². The van der Waals surface area contributed by atoms with Crippen molar-refractivity contribution in [1.29, 1.82) is 0 Å². The van der Waals surface area contributed by atoms with Crippen LogP contribution in [0.1, 0.15) is 52.5 Å². The van der Waals surface area contributed by atoms with E-state index in [4.69, 9.17) is 0 Å². The van der Waals surface area contributed by atoms with Crippen molar-refractivity contribution in [2.45, 2.75) is 53.9 Å². The topological polar surface area (TPSA) is 30.7 Å². The smallest absolute Gasteiger partial charge is 0.168 e. The van der Waals surface area contributed by atoms with Gasteiger partial charge in [0.1, 0.15) is 0 Å². The van der Waals surface area contributed by atoms with Crippen molar-refractivity contribution < 1.29 is 0 Å². The van der Waals surface area contributed by atoms with E-state index < -0.39 is 0 Å². The lowest BCUT2D eigenvalue weighted by Gasteiger charge is -2.16. The normalized spacial score (nSPS) is 12.2. The summed E-state index contributed by atoms with van der Waals surface area (Å²) in [6.07, 6.45) is 9.77. The zero-order valence-corrected chi connectivity index (χ0v) is 18.4. The second-order valence-electron chi connectivity index (χ2n) is 6.75. The molecule has 0 atom stereocenters. The molecule has 0 fully saturated rings. The molecule has 4 rings (SSSR count). The molecule has 3 nitrogen and oxygen atoms in total. The molecule has 3 heteroatoms. The Bertz CT molecular complexity index is 934. The van der Waals surface area contributed by atoms with Crippen molar-refractivity contribution in [2.24, 2.45) is 0 Å². The minimum absolute atomic E-state index is 0.897. The average Bonchev–Trinajstić information content (AvgIpc) is 3.22. The minimum Gasteiger partial charge on any atom is -0.279 e. The number of rotatable bonds is 3. The molecule has 1 aromatic heterocycles. The molecule has 152 valence electrons. The Hall–Kier alpha value is -2.94. The maximum Gasteiger partial charge on any atom is 0.168 e. The van der Waals surface area contributed by atoms with E-state index in [1.807, 2.05) is 32.0 Å². The van der Waals surface area contributed by atoms with Crippen LogP contribution in [-0.2, 0) is 0 Å². The first kappa shape index (κ1) is 22.4. The number of nitrogens with zero attached hydrogens (tertiary/aromatic N) is 3. The van der Waals surface area contributed by atoms with Gasteiger partial charge < -0.3 is 0 Å². The standard InChI is InChI=1S/C21H19N3.C3H8.C2H6/c1-16-9-8-12-18(15-16)21-23-22-20(17-10-4-2-5-11-17)24(21)19-13-6-3-7-14-19;1-3-2;1-2/h2-6,8-13,15H,7,14H2,1H3;3H2,1-2H3;1-2H3. The third kappa shape index (κ3) is 5.77. The number of aryl methyl sites for hydroxylation is 1. The van der Waals surface area contributed by atoms with Gasteiger partial charge in [0.15, 0.2) is 11.6 Å². The molecule has 0 amide bonds. The van der Waals surface area contributed by atoms with Crippen LogP contribution in [0.15, 0.2) is 72.8 Å². The molecular formula is C26H33N3. The number of aromatic nitrogens is 3. The molecule has 1 heterocycles. The minimum atomic E-state index is 0.897. The van der Waals surface area contributed by atoms with Crippen LogP contribution in [-0.4, -0.2) is 14.8 Å². The predicted molar refractivity (Wildman–Crippen MR) is 126 cm³/mol. The zero-order valence-electron chi connectivity index (χ0n) is 18.4. The first-order valence-electron chi connectivity index (χ1n) is 10.7. The Morgan fingerprint density at radius 2 is 1.48 bits per heavy atom. The fourth-order valence-electron chi connectivity index (χ4n) is 3.08. The largest absolute Gasteiger partial charge is 0.279 e. The highest BCUT2D eigenvalue weighted by atomic mass is 15.3. The maximum atomic E-state index is 4.53. The summed E-state index contributed by atoms with van der Waals surface area (Å²) >= 11 is 0. The Balaban J connectivity index is 0.000000551. The number of benzene rings is 2. The Labute approximate surface area is 175 Å². The van der Waals surface area contributed by atoms with E-state index in [0.29, 0.717) is 0 Å². The van der Waals surface area contributed by atoms with E-state index in [-0.39, 0.29) is 0 Å². The van der Waals surface area contributed by atoms with Gasteiger partial charge in [-0.1, -0.05) is 100 Å². The molecule has 0 N–H and O–H groups in total. The lowest BCUT2D eigenvalue weighted by molar-refractivity contribution is 0.946. The van der Waals surface area contributed by atoms with Gasteiger partial charge in [0, 0.05) is 16.8 Å². The van der Waals surface area contributed by atoms with Crippen LogP contribution in [0.25, 0.3) is 28.5 Å². The summed E-state index contributed by atoms with van der Waals surface area (Å²) in [4.78, 5) is 0. The van der Waals surface area contributed by atoms with Crippen LogP contribution in [0.5, 0.6) is 0 Å². The third-order valence-electron chi connectivity index (χ3n) is 4.25. The van der Waals surface area contributed by atoms with E-state index in [0.717, 1.165) is 35.6 Å². The molecular weight excluding hydrogens is 354 g/mol. The maximum absolute atomic E-state index is 4.53. The SMILES string of the molecule is CC.CCC.Cc1cccc(-c2nnc(-c3ccccc3)n2C2=CC=CCC2)c1. The first-order chi connectivity index (χ1) is 14.2. The lowest BCUT2D eigenvalue weighted by atomic mass is 10.1. The van der Waals surface area contributed by atoms with Gasteiger partial charge in [-0.2, -0.15) is 0 Å². The van der Waals surface area contributed by atoms with Crippen molar-refractivity contribution in [1.82, 2.24) is 14.8 Å². The van der Waals surface area contributed by atoms with Crippen molar-refractivity contribution in [3.8, 4) is 22.8 Å². The number of hydrogen-bond acceptors (Lipinski definition) is 2. The van der Waals surface area contributed by atoms with Gasteiger partial charge in [-0.15, -0.1) is 10.2 Å². The molecule has 2 aromatic carbocycles. The van der Waals surface area contributed by atoms with Gasteiger partial charge in [-0.25, -0.2) is 0 Å². The molecule has 29 heavy (non-hydrogen) atoms. The van der Waals surface area contributed by atoms with Gasteiger partial charge in [0.2, 0.25) is 0 Å². The number of hydrogen-bond donors (Lipinski definition) is 0. The Morgan fingerprint density at radius 3 is 2.07 bits per heavy atom. The molecule has 0 saturated heterocycles. The molecule has 0 saturated carbocycles. The Kier molecular flexibility index (Phi) is 9.10. The summed E-state index contributed by atoms with van der Waals surface area (Å²) in [7, 11) is 0. The summed E-state index contributed by atoms with van der Waals surface area (Å²) in [5, 5.41) is 9.04. The zero-order chi connectivity index (χ0) is 21.1. The predicted octanol–water partition coefficient (Wildman–Crippen LogP) is 7.55. The van der Waals surface area contributed by atoms with Gasteiger partial charge >= 0.3 is 0 Å². The monoisotopic (exact) mass is 387 g/mol. The van der Waals surface area contributed by atoms with E-state index in [1.165, 1.54) is 17.7 Å². The summed E-state index contributed by atoms with van der Waals surface area (Å²) in [5.41, 5.74) is 4.64. The molecule has 0 radical (unpaired) electrons. The summed E-state index contributed by atoms with van der Waals surface area (Å²) in [6, 6.07) is 18.7. The van der Waals surface area contributed by atoms with Crippen molar-refractivity contribution in [2.75, 3.05) is 0 Å². The van der Waals surface area contributed by atoms with Crippen LogP contribution in [0.2, 0.25) is 0 Å². The van der Waals surface area contributed by atoms with Crippen molar-refractivity contribution in [3.63, 3.8) is 0 Å². The molecule has 1 aliphatic carbocycles. The molecule has 0 bridgehead atoms. The van der Waals surface area contributed by atoms with Crippen molar-refractivity contribution in [3.05, 3.63) is 78.4 Å². The number of allylic oxidation sites excluding steroid dienone is 4. The highest BCUT2D eigenvalue weighted by Gasteiger charge is 2.18. The van der Waals surface area contributed by atoms with Crippen LogP contribution in [0.4, 0.5) is 0 Å². The molecule has 0 aliphatic heterocycles. The molecule has 3 aromatic rings. The van der Waals surface area contributed by atoms with Crippen LogP contribution in [0, 0.1) is 6.92 Å². The lowest BCUT2D eigenvalue weighted by Crippen LogP contribution is -2.04. The summed E-state index contributed by atoms with van der Waals surface area (Å²) < 4.78 is 2.20. The molecule has 0 unspecified atom stereocenters. The highest BCUT2D eigenvalue weighted by molar-refractivity contribution is 5.71.